The Balaban J connectivity index is 1.94. The van der Waals surface area contributed by atoms with Crippen LogP contribution < -0.4 is 14.9 Å². The first-order chi connectivity index (χ1) is 11.2. The Kier molecular flexibility index (Phi) is 6.17. The average Bonchev–Trinajstić information content (AvgIpc) is 2.56. The normalized spacial score (nSPS) is 10.5. The van der Waals surface area contributed by atoms with Crippen LogP contribution in [0.25, 0.3) is 0 Å². The highest BCUT2D eigenvalue weighted by Gasteiger charge is 2.04. The number of rotatable bonds is 7. The van der Waals surface area contributed by atoms with Crippen LogP contribution in [0.2, 0.25) is 0 Å². The van der Waals surface area contributed by atoms with Gasteiger partial charge in [0.1, 0.15) is 0 Å². The van der Waals surface area contributed by atoms with Crippen LogP contribution in [-0.2, 0) is 11.2 Å². The number of nitrogens with one attached hydrogen (secondary N) is 1. The second-order valence-electron chi connectivity index (χ2n) is 4.80. The lowest BCUT2D eigenvalue weighted by Gasteiger charge is -2.09. The number of hydrogen-bond donors (Lipinski definition) is 1. The van der Waals surface area contributed by atoms with Crippen molar-refractivity contribution in [3.8, 4) is 11.5 Å². The molecule has 5 heteroatoms. The number of nitrogens with zero attached hydrogens (tertiary/aromatic N) is 1. The molecule has 0 bridgehead atoms. The molecular formula is C18H20N2O3. The van der Waals surface area contributed by atoms with E-state index in [1.807, 2.05) is 49.4 Å². The van der Waals surface area contributed by atoms with Gasteiger partial charge in [0.05, 0.1) is 26.4 Å². The van der Waals surface area contributed by atoms with E-state index in [0.29, 0.717) is 24.5 Å². The molecule has 0 aliphatic heterocycles. The van der Waals surface area contributed by atoms with Crippen LogP contribution in [0.4, 0.5) is 0 Å². The summed E-state index contributed by atoms with van der Waals surface area (Å²) in [5.41, 5.74) is 4.28. The van der Waals surface area contributed by atoms with Crippen LogP contribution in [-0.4, -0.2) is 25.8 Å². The summed E-state index contributed by atoms with van der Waals surface area (Å²) >= 11 is 0. The minimum Gasteiger partial charge on any atom is -0.493 e. The van der Waals surface area contributed by atoms with Gasteiger partial charge in [-0.25, -0.2) is 5.43 Å². The van der Waals surface area contributed by atoms with Crippen LogP contribution in [0.5, 0.6) is 11.5 Å². The molecule has 0 radical (unpaired) electrons. The van der Waals surface area contributed by atoms with Crippen molar-refractivity contribution in [2.45, 2.75) is 13.3 Å². The molecule has 2 aromatic carbocycles. The maximum absolute atomic E-state index is 11.8. The van der Waals surface area contributed by atoms with E-state index < -0.39 is 0 Å². The van der Waals surface area contributed by atoms with Crippen molar-refractivity contribution in [3.63, 3.8) is 0 Å². The Hall–Kier alpha value is -2.82. The van der Waals surface area contributed by atoms with Gasteiger partial charge < -0.3 is 9.47 Å². The predicted molar refractivity (Wildman–Crippen MR) is 90.0 cm³/mol. The van der Waals surface area contributed by atoms with Gasteiger partial charge in [-0.15, -0.1) is 0 Å². The van der Waals surface area contributed by atoms with E-state index in [9.17, 15) is 4.79 Å². The Morgan fingerprint density at radius 1 is 1.17 bits per heavy atom. The van der Waals surface area contributed by atoms with E-state index in [1.165, 1.54) is 0 Å². The molecule has 5 nitrogen and oxygen atoms in total. The third-order valence-corrected chi connectivity index (χ3v) is 3.10. The van der Waals surface area contributed by atoms with E-state index in [2.05, 4.69) is 10.5 Å². The lowest BCUT2D eigenvalue weighted by molar-refractivity contribution is -0.120. The number of amides is 1. The first-order valence-corrected chi connectivity index (χ1v) is 7.39. The van der Waals surface area contributed by atoms with Crippen molar-refractivity contribution >= 4 is 12.1 Å². The zero-order valence-corrected chi connectivity index (χ0v) is 13.3. The van der Waals surface area contributed by atoms with Crippen molar-refractivity contribution in [2.24, 2.45) is 5.10 Å². The molecule has 0 saturated carbocycles. The highest BCUT2D eigenvalue weighted by atomic mass is 16.5. The fourth-order valence-corrected chi connectivity index (χ4v) is 2.04. The summed E-state index contributed by atoms with van der Waals surface area (Å²) in [5.74, 6) is 1.15. The number of ether oxygens (including phenoxy) is 2. The van der Waals surface area contributed by atoms with E-state index in [0.717, 1.165) is 11.1 Å². The van der Waals surface area contributed by atoms with E-state index in [4.69, 9.17) is 9.47 Å². The van der Waals surface area contributed by atoms with E-state index in [-0.39, 0.29) is 5.91 Å². The highest BCUT2D eigenvalue weighted by molar-refractivity contribution is 5.84. The summed E-state index contributed by atoms with van der Waals surface area (Å²) in [6.45, 7) is 2.45. The summed E-state index contributed by atoms with van der Waals surface area (Å²) in [4.78, 5) is 11.8. The van der Waals surface area contributed by atoms with Gasteiger partial charge >= 0.3 is 0 Å². The Bertz CT molecular complexity index is 669. The van der Waals surface area contributed by atoms with Crippen molar-refractivity contribution in [1.29, 1.82) is 0 Å². The maximum atomic E-state index is 11.8. The summed E-state index contributed by atoms with van der Waals surface area (Å²) < 4.78 is 10.7. The second-order valence-corrected chi connectivity index (χ2v) is 4.80. The average molecular weight is 312 g/mol. The van der Waals surface area contributed by atoms with Crippen LogP contribution in [0.15, 0.2) is 53.6 Å². The molecule has 2 aromatic rings. The number of benzene rings is 2. The number of carbonyl (C=O) groups is 1. The van der Waals surface area contributed by atoms with E-state index in [1.54, 1.807) is 19.4 Å². The topological polar surface area (TPSA) is 59.9 Å². The second kappa shape index (κ2) is 8.58. The highest BCUT2D eigenvalue weighted by Crippen LogP contribution is 2.27. The van der Waals surface area contributed by atoms with Gasteiger partial charge in [-0.05, 0) is 36.2 Å². The van der Waals surface area contributed by atoms with Gasteiger partial charge in [-0.1, -0.05) is 30.3 Å². The fourth-order valence-electron chi connectivity index (χ4n) is 2.04. The quantitative estimate of drug-likeness (QED) is 0.632. The third-order valence-electron chi connectivity index (χ3n) is 3.10. The Labute approximate surface area is 135 Å². The third kappa shape index (κ3) is 5.14. The molecule has 0 fully saturated rings. The SMILES string of the molecule is CCOc1cc(/C=N\NC(=O)Cc2ccccc2)ccc1OC. The molecule has 0 saturated heterocycles. The number of carbonyl (C=O) groups excluding carboxylic acids is 1. The molecule has 0 unspecified atom stereocenters. The Morgan fingerprint density at radius 2 is 1.96 bits per heavy atom. The first-order valence-electron chi connectivity index (χ1n) is 7.39. The molecule has 0 aliphatic rings. The molecule has 0 spiro atoms. The smallest absolute Gasteiger partial charge is 0.244 e. The van der Waals surface area contributed by atoms with Crippen molar-refractivity contribution < 1.29 is 14.3 Å². The van der Waals surface area contributed by atoms with Gasteiger partial charge in [0.15, 0.2) is 11.5 Å². The molecule has 0 heterocycles. The zero-order chi connectivity index (χ0) is 16.5. The summed E-state index contributed by atoms with van der Waals surface area (Å²) in [6.07, 6.45) is 1.87. The molecule has 0 atom stereocenters. The predicted octanol–water partition coefficient (Wildman–Crippen LogP) is 2.79. The standard InChI is InChI=1S/C18H20N2O3/c1-3-23-17-11-15(9-10-16(17)22-2)13-19-20-18(21)12-14-7-5-4-6-8-14/h4-11,13H,3,12H2,1-2H3,(H,20,21)/b19-13-. The molecule has 120 valence electrons. The molecule has 1 N–H and O–H groups in total. The summed E-state index contributed by atoms with van der Waals surface area (Å²) in [5, 5.41) is 3.97. The molecule has 0 aromatic heterocycles. The minimum atomic E-state index is -0.161. The fraction of sp³-hybridized carbons (Fsp3) is 0.222. The van der Waals surface area contributed by atoms with Crippen LogP contribution >= 0.6 is 0 Å². The molecule has 2 rings (SSSR count). The van der Waals surface area contributed by atoms with Crippen LogP contribution in [0.1, 0.15) is 18.1 Å². The molecular weight excluding hydrogens is 292 g/mol. The van der Waals surface area contributed by atoms with Gasteiger partial charge in [0, 0.05) is 0 Å². The summed E-state index contributed by atoms with van der Waals surface area (Å²) in [7, 11) is 1.59. The zero-order valence-electron chi connectivity index (χ0n) is 13.3. The van der Waals surface area contributed by atoms with Crippen molar-refractivity contribution in [3.05, 3.63) is 59.7 Å². The summed E-state index contributed by atoms with van der Waals surface area (Å²) in [6, 6.07) is 15.0. The first kappa shape index (κ1) is 16.5. The number of hydrogen-bond acceptors (Lipinski definition) is 4. The monoisotopic (exact) mass is 312 g/mol. The Morgan fingerprint density at radius 3 is 2.65 bits per heavy atom. The van der Waals surface area contributed by atoms with Crippen LogP contribution in [0.3, 0.4) is 0 Å². The number of hydrazone groups is 1. The molecule has 0 aliphatic carbocycles. The lowest BCUT2D eigenvalue weighted by Crippen LogP contribution is -2.19. The van der Waals surface area contributed by atoms with Crippen molar-refractivity contribution in [2.75, 3.05) is 13.7 Å². The minimum absolute atomic E-state index is 0.161. The largest absolute Gasteiger partial charge is 0.493 e. The maximum Gasteiger partial charge on any atom is 0.244 e. The van der Waals surface area contributed by atoms with Gasteiger partial charge in [-0.2, -0.15) is 5.10 Å². The van der Waals surface area contributed by atoms with Gasteiger partial charge in [-0.3, -0.25) is 4.79 Å². The van der Waals surface area contributed by atoms with E-state index >= 15 is 0 Å². The van der Waals surface area contributed by atoms with Gasteiger partial charge in [0.25, 0.3) is 0 Å². The lowest BCUT2D eigenvalue weighted by atomic mass is 10.1. The number of methoxy groups -OCH3 is 1. The molecule has 1 amide bonds. The van der Waals surface area contributed by atoms with Crippen LogP contribution in [0, 0.1) is 0 Å². The molecule has 23 heavy (non-hydrogen) atoms. The van der Waals surface area contributed by atoms with Crippen molar-refractivity contribution in [1.82, 2.24) is 5.43 Å². The van der Waals surface area contributed by atoms with Gasteiger partial charge in [0.2, 0.25) is 5.91 Å².